The normalized spacial score (nSPS) is 10.8. The van der Waals surface area contributed by atoms with Gasteiger partial charge in [-0.05, 0) is 18.2 Å². The molecule has 96 valence electrons. The number of thiophene rings is 1. The number of nitrogen functional groups attached to an aromatic ring is 1. The summed E-state index contributed by atoms with van der Waals surface area (Å²) < 4.78 is 2.69. The van der Waals surface area contributed by atoms with Gasteiger partial charge in [-0.2, -0.15) is 5.10 Å². The Hall–Kier alpha value is -1.78. The molecule has 0 spiro atoms. The van der Waals surface area contributed by atoms with E-state index in [2.05, 4.69) is 5.10 Å². The van der Waals surface area contributed by atoms with E-state index in [9.17, 15) is 0 Å². The van der Waals surface area contributed by atoms with Crippen LogP contribution < -0.4 is 5.73 Å². The van der Waals surface area contributed by atoms with Crippen molar-refractivity contribution in [2.75, 3.05) is 5.73 Å². The number of hydrogen-bond donors (Lipinski definition) is 1. The molecule has 0 saturated heterocycles. The van der Waals surface area contributed by atoms with Crippen LogP contribution in [0.1, 0.15) is 4.88 Å². The van der Waals surface area contributed by atoms with Crippen molar-refractivity contribution in [3.63, 3.8) is 0 Å². The molecule has 0 fully saturated rings. The minimum absolute atomic E-state index is 0.726. The van der Waals surface area contributed by atoms with E-state index in [1.54, 1.807) is 11.3 Å². The maximum Gasteiger partial charge on any atom is 0.0931 e. The second kappa shape index (κ2) is 5.07. The van der Waals surface area contributed by atoms with Gasteiger partial charge in [0, 0.05) is 27.9 Å². The summed E-state index contributed by atoms with van der Waals surface area (Å²) in [5, 5.41) is 4.36. The Morgan fingerprint density at radius 3 is 2.79 bits per heavy atom. The molecule has 0 amide bonds. The molecule has 2 aromatic heterocycles. The largest absolute Gasteiger partial charge is 0.398 e. The van der Waals surface area contributed by atoms with Gasteiger partial charge in [0.1, 0.15) is 0 Å². The summed E-state index contributed by atoms with van der Waals surface area (Å²) in [6.45, 7) is 0.726. The fourth-order valence-corrected chi connectivity index (χ4v) is 3.03. The van der Waals surface area contributed by atoms with Gasteiger partial charge >= 0.3 is 0 Å². The number of hydrogen-bond acceptors (Lipinski definition) is 3. The summed E-state index contributed by atoms with van der Waals surface area (Å²) >= 11 is 7.49. The van der Waals surface area contributed by atoms with Crippen molar-refractivity contribution in [1.82, 2.24) is 9.78 Å². The van der Waals surface area contributed by atoms with E-state index in [4.69, 9.17) is 17.3 Å². The SMILES string of the molecule is Nc1ccccc1-c1cnn(Cc2ccc(Cl)s2)c1. The van der Waals surface area contributed by atoms with Crippen LogP contribution in [-0.2, 0) is 6.54 Å². The molecule has 2 N–H and O–H groups in total. The molecule has 0 aliphatic carbocycles. The first-order chi connectivity index (χ1) is 9.22. The first kappa shape index (κ1) is 12.3. The second-order valence-electron chi connectivity index (χ2n) is 4.22. The van der Waals surface area contributed by atoms with Crippen LogP contribution in [-0.4, -0.2) is 9.78 Å². The number of aromatic nitrogens is 2. The Kier molecular flexibility index (Phi) is 3.27. The van der Waals surface area contributed by atoms with Gasteiger partial charge in [-0.15, -0.1) is 11.3 Å². The van der Waals surface area contributed by atoms with Crippen molar-refractivity contribution in [1.29, 1.82) is 0 Å². The Bertz CT molecular complexity index is 702. The maximum absolute atomic E-state index is 5.97. The van der Waals surface area contributed by atoms with Gasteiger partial charge < -0.3 is 5.73 Å². The molecule has 0 unspecified atom stereocenters. The van der Waals surface area contributed by atoms with Crippen LogP contribution in [0.4, 0.5) is 5.69 Å². The van der Waals surface area contributed by atoms with E-state index in [1.165, 1.54) is 4.88 Å². The summed E-state index contributed by atoms with van der Waals surface area (Å²) in [6.07, 6.45) is 3.83. The molecule has 0 aliphatic rings. The van der Waals surface area contributed by atoms with Crippen LogP contribution in [0.2, 0.25) is 4.34 Å². The number of para-hydroxylation sites is 1. The van der Waals surface area contributed by atoms with Gasteiger partial charge in [0.15, 0.2) is 0 Å². The monoisotopic (exact) mass is 289 g/mol. The fraction of sp³-hybridized carbons (Fsp3) is 0.0714. The van der Waals surface area contributed by atoms with Gasteiger partial charge in [-0.3, -0.25) is 4.68 Å². The molecule has 3 aromatic rings. The van der Waals surface area contributed by atoms with Crippen molar-refractivity contribution < 1.29 is 0 Å². The zero-order valence-electron chi connectivity index (χ0n) is 10.1. The van der Waals surface area contributed by atoms with Crippen molar-refractivity contribution >= 4 is 28.6 Å². The van der Waals surface area contributed by atoms with E-state index in [1.807, 2.05) is 53.5 Å². The van der Waals surface area contributed by atoms with Gasteiger partial charge in [0.2, 0.25) is 0 Å². The highest BCUT2D eigenvalue weighted by Crippen LogP contribution is 2.26. The third-order valence-electron chi connectivity index (χ3n) is 2.85. The van der Waals surface area contributed by atoms with E-state index in [0.29, 0.717) is 0 Å². The summed E-state index contributed by atoms with van der Waals surface area (Å²) in [6, 6.07) is 11.7. The third-order valence-corrected chi connectivity index (χ3v) is 4.07. The van der Waals surface area contributed by atoms with E-state index in [0.717, 1.165) is 27.7 Å². The van der Waals surface area contributed by atoms with Gasteiger partial charge in [0.25, 0.3) is 0 Å². The maximum atomic E-state index is 5.97. The number of nitrogens with two attached hydrogens (primary N) is 1. The molecule has 0 saturated carbocycles. The van der Waals surface area contributed by atoms with Crippen LogP contribution in [0, 0.1) is 0 Å². The first-order valence-corrected chi connectivity index (χ1v) is 7.03. The summed E-state index contributed by atoms with van der Waals surface area (Å²) in [7, 11) is 0. The van der Waals surface area contributed by atoms with E-state index in [-0.39, 0.29) is 0 Å². The molecule has 0 radical (unpaired) electrons. The molecule has 0 bridgehead atoms. The van der Waals surface area contributed by atoms with E-state index >= 15 is 0 Å². The fourth-order valence-electron chi connectivity index (χ4n) is 1.95. The van der Waals surface area contributed by atoms with Crippen molar-refractivity contribution in [2.24, 2.45) is 0 Å². The lowest BCUT2D eigenvalue weighted by molar-refractivity contribution is 0.695. The van der Waals surface area contributed by atoms with Crippen molar-refractivity contribution in [2.45, 2.75) is 6.54 Å². The average Bonchev–Trinajstić information content (AvgIpc) is 3.00. The summed E-state index contributed by atoms with van der Waals surface area (Å²) in [5.74, 6) is 0. The van der Waals surface area contributed by atoms with Crippen LogP contribution >= 0.6 is 22.9 Å². The highest BCUT2D eigenvalue weighted by molar-refractivity contribution is 7.16. The predicted molar refractivity (Wildman–Crippen MR) is 80.5 cm³/mol. The highest BCUT2D eigenvalue weighted by Gasteiger charge is 2.06. The standard InChI is InChI=1S/C14H12ClN3S/c15-14-6-5-11(19-14)9-18-8-10(7-17-18)12-3-1-2-4-13(12)16/h1-8H,9,16H2. The van der Waals surface area contributed by atoms with Gasteiger partial charge in [0.05, 0.1) is 17.1 Å². The molecular formula is C14H12ClN3S. The lowest BCUT2D eigenvalue weighted by atomic mass is 10.1. The number of rotatable bonds is 3. The minimum atomic E-state index is 0.726. The number of anilines is 1. The summed E-state index contributed by atoms with van der Waals surface area (Å²) in [4.78, 5) is 1.18. The number of halogens is 1. The van der Waals surface area contributed by atoms with Crippen LogP contribution in [0.3, 0.4) is 0 Å². The quantitative estimate of drug-likeness (QED) is 0.743. The number of benzene rings is 1. The molecule has 19 heavy (non-hydrogen) atoms. The topological polar surface area (TPSA) is 43.8 Å². The molecule has 0 atom stereocenters. The molecule has 2 heterocycles. The summed E-state index contributed by atoms with van der Waals surface area (Å²) in [5.41, 5.74) is 8.77. The second-order valence-corrected chi connectivity index (χ2v) is 6.02. The van der Waals surface area contributed by atoms with Gasteiger partial charge in [-0.25, -0.2) is 0 Å². The molecule has 3 nitrogen and oxygen atoms in total. The Labute approximate surface area is 120 Å². The lowest BCUT2D eigenvalue weighted by Crippen LogP contribution is -1.97. The smallest absolute Gasteiger partial charge is 0.0931 e. The molecule has 1 aromatic carbocycles. The zero-order valence-corrected chi connectivity index (χ0v) is 11.7. The average molecular weight is 290 g/mol. The van der Waals surface area contributed by atoms with Crippen molar-refractivity contribution in [3.8, 4) is 11.1 Å². The minimum Gasteiger partial charge on any atom is -0.398 e. The Morgan fingerprint density at radius 2 is 2.05 bits per heavy atom. The Morgan fingerprint density at radius 1 is 1.21 bits per heavy atom. The van der Waals surface area contributed by atoms with Crippen LogP contribution in [0.15, 0.2) is 48.8 Å². The molecule has 3 rings (SSSR count). The highest BCUT2D eigenvalue weighted by atomic mass is 35.5. The molecule has 0 aliphatic heterocycles. The van der Waals surface area contributed by atoms with Gasteiger partial charge in [-0.1, -0.05) is 29.8 Å². The third kappa shape index (κ3) is 2.64. The van der Waals surface area contributed by atoms with Crippen LogP contribution in [0.25, 0.3) is 11.1 Å². The Balaban J connectivity index is 1.86. The first-order valence-electron chi connectivity index (χ1n) is 5.84. The van der Waals surface area contributed by atoms with Crippen molar-refractivity contribution in [3.05, 3.63) is 58.0 Å². The predicted octanol–water partition coefficient (Wildman–Crippen LogP) is 3.90. The van der Waals surface area contributed by atoms with E-state index < -0.39 is 0 Å². The molecular weight excluding hydrogens is 278 g/mol. The number of nitrogens with zero attached hydrogens (tertiary/aromatic N) is 2. The lowest BCUT2D eigenvalue weighted by Gasteiger charge is -2.01. The molecule has 5 heteroatoms. The van der Waals surface area contributed by atoms with Crippen LogP contribution in [0.5, 0.6) is 0 Å². The zero-order chi connectivity index (χ0) is 13.2.